The summed E-state index contributed by atoms with van der Waals surface area (Å²) < 4.78 is 11.6. The molecule has 0 saturated carbocycles. The Balaban J connectivity index is 1.76. The first kappa shape index (κ1) is 18.5. The van der Waals surface area contributed by atoms with Gasteiger partial charge in [-0.25, -0.2) is 0 Å². The van der Waals surface area contributed by atoms with Gasteiger partial charge in [-0.05, 0) is 54.9 Å². The molecule has 0 radical (unpaired) electrons. The highest BCUT2D eigenvalue weighted by Gasteiger charge is 2.09. The summed E-state index contributed by atoms with van der Waals surface area (Å²) in [6.45, 7) is 9.42. The van der Waals surface area contributed by atoms with E-state index in [2.05, 4.69) is 57.2 Å². The topological polar surface area (TPSA) is 18.5 Å². The van der Waals surface area contributed by atoms with Gasteiger partial charge in [-0.2, -0.15) is 0 Å². The molecule has 2 unspecified atom stereocenters. The molecule has 0 heterocycles. The van der Waals surface area contributed by atoms with Crippen molar-refractivity contribution in [1.82, 2.24) is 0 Å². The molecule has 2 aromatic carbocycles. The van der Waals surface area contributed by atoms with Gasteiger partial charge in [0.1, 0.15) is 5.75 Å². The van der Waals surface area contributed by atoms with Crippen molar-refractivity contribution in [3.8, 4) is 5.75 Å². The Bertz CT molecular complexity index is 575. The van der Waals surface area contributed by atoms with Crippen LogP contribution in [0, 0.1) is 5.92 Å². The quantitative estimate of drug-likeness (QED) is 0.541. The van der Waals surface area contributed by atoms with Gasteiger partial charge in [0.2, 0.25) is 0 Å². The van der Waals surface area contributed by atoms with Crippen LogP contribution >= 0.6 is 0 Å². The Morgan fingerprint density at radius 3 is 2.12 bits per heavy atom. The molecule has 0 bridgehead atoms. The average Bonchev–Trinajstić information content (AvgIpc) is 2.56. The number of hydrogen-bond donors (Lipinski definition) is 0. The lowest BCUT2D eigenvalue weighted by Gasteiger charge is -2.17. The molecular formula is C22H30O2. The van der Waals surface area contributed by atoms with Crippen LogP contribution in [-0.2, 0) is 11.2 Å². The maximum absolute atomic E-state index is 5.85. The third kappa shape index (κ3) is 6.37. The van der Waals surface area contributed by atoms with Crippen molar-refractivity contribution in [2.75, 3.05) is 6.61 Å². The first-order chi connectivity index (χ1) is 11.5. The molecule has 24 heavy (non-hydrogen) atoms. The molecule has 0 aliphatic heterocycles. The lowest BCUT2D eigenvalue weighted by Crippen LogP contribution is -2.17. The largest absolute Gasteiger partial charge is 0.465 e. The number of rotatable bonds is 9. The van der Waals surface area contributed by atoms with Crippen molar-refractivity contribution in [2.24, 2.45) is 5.92 Å². The van der Waals surface area contributed by atoms with E-state index in [-0.39, 0.29) is 6.29 Å². The van der Waals surface area contributed by atoms with Crippen LogP contribution in [0.15, 0.2) is 54.6 Å². The second kappa shape index (κ2) is 9.48. The molecule has 2 aromatic rings. The Hall–Kier alpha value is -1.80. The van der Waals surface area contributed by atoms with E-state index in [9.17, 15) is 0 Å². The minimum atomic E-state index is -0.243. The Kier molecular flexibility index (Phi) is 7.33. The zero-order chi connectivity index (χ0) is 17.4. The van der Waals surface area contributed by atoms with E-state index in [0.29, 0.717) is 18.4 Å². The number of ether oxygens (including phenoxy) is 2. The van der Waals surface area contributed by atoms with Gasteiger partial charge in [-0.1, -0.05) is 63.2 Å². The molecule has 130 valence electrons. The highest BCUT2D eigenvalue weighted by atomic mass is 16.7. The SMILES string of the molecule is CC(C)CC(C)c1ccc(OC(C)OCCc2ccccc2)cc1. The van der Waals surface area contributed by atoms with Gasteiger partial charge in [0, 0.05) is 0 Å². The molecule has 0 N–H and O–H groups in total. The smallest absolute Gasteiger partial charge is 0.196 e. The molecule has 2 rings (SSSR count). The number of benzene rings is 2. The molecule has 0 aliphatic rings. The van der Waals surface area contributed by atoms with Gasteiger partial charge >= 0.3 is 0 Å². The van der Waals surface area contributed by atoms with Gasteiger partial charge in [-0.3, -0.25) is 0 Å². The highest BCUT2D eigenvalue weighted by Crippen LogP contribution is 2.25. The number of hydrogen-bond acceptors (Lipinski definition) is 2. The summed E-state index contributed by atoms with van der Waals surface area (Å²) in [4.78, 5) is 0. The van der Waals surface area contributed by atoms with Crippen LogP contribution in [0.4, 0.5) is 0 Å². The lowest BCUT2D eigenvalue weighted by molar-refractivity contribution is -0.0654. The molecule has 2 nitrogen and oxygen atoms in total. The van der Waals surface area contributed by atoms with Crippen LogP contribution in [0.2, 0.25) is 0 Å². The van der Waals surface area contributed by atoms with Gasteiger partial charge in [0.25, 0.3) is 0 Å². The van der Waals surface area contributed by atoms with E-state index in [1.165, 1.54) is 17.5 Å². The summed E-state index contributed by atoms with van der Waals surface area (Å²) in [7, 11) is 0. The Morgan fingerprint density at radius 1 is 0.833 bits per heavy atom. The predicted octanol–water partition coefficient (Wildman–Crippen LogP) is 5.82. The summed E-state index contributed by atoms with van der Waals surface area (Å²) in [5, 5.41) is 0. The van der Waals surface area contributed by atoms with Crippen molar-refractivity contribution in [2.45, 2.75) is 52.7 Å². The predicted molar refractivity (Wildman–Crippen MR) is 101 cm³/mol. The second-order valence-electron chi connectivity index (χ2n) is 6.89. The van der Waals surface area contributed by atoms with Crippen LogP contribution < -0.4 is 4.74 Å². The fraction of sp³-hybridized carbons (Fsp3) is 0.455. The molecule has 0 aromatic heterocycles. The van der Waals surface area contributed by atoms with Gasteiger partial charge in [0.15, 0.2) is 6.29 Å². The van der Waals surface area contributed by atoms with Crippen molar-refractivity contribution >= 4 is 0 Å². The fourth-order valence-corrected chi connectivity index (χ4v) is 2.93. The van der Waals surface area contributed by atoms with Crippen molar-refractivity contribution in [1.29, 1.82) is 0 Å². The van der Waals surface area contributed by atoms with E-state index in [1.807, 2.05) is 25.1 Å². The summed E-state index contributed by atoms with van der Waals surface area (Å²) in [5.41, 5.74) is 2.65. The van der Waals surface area contributed by atoms with Gasteiger partial charge < -0.3 is 9.47 Å². The first-order valence-electron chi connectivity index (χ1n) is 8.96. The van der Waals surface area contributed by atoms with E-state index < -0.39 is 0 Å². The molecular weight excluding hydrogens is 296 g/mol. The van der Waals surface area contributed by atoms with E-state index >= 15 is 0 Å². The second-order valence-corrected chi connectivity index (χ2v) is 6.89. The minimum absolute atomic E-state index is 0.243. The molecule has 0 spiro atoms. The van der Waals surface area contributed by atoms with Crippen LogP contribution in [0.3, 0.4) is 0 Å². The molecule has 2 heteroatoms. The monoisotopic (exact) mass is 326 g/mol. The molecule has 0 fully saturated rings. The van der Waals surface area contributed by atoms with E-state index in [4.69, 9.17) is 9.47 Å². The zero-order valence-corrected chi connectivity index (χ0v) is 15.4. The van der Waals surface area contributed by atoms with Crippen LogP contribution in [0.25, 0.3) is 0 Å². The Labute approximate surface area is 146 Å². The summed E-state index contributed by atoms with van der Waals surface area (Å²) in [5.74, 6) is 2.16. The molecule has 0 saturated heterocycles. The van der Waals surface area contributed by atoms with Crippen LogP contribution in [0.1, 0.15) is 51.2 Å². The van der Waals surface area contributed by atoms with Gasteiger partial charge in [-0.15, -0.1) is 0 Å². The lowest BCUT2D eigenvalue weighted by atomic mass is 9.92. The van der Waals surface area contributed by atoms with Crippen LogP contribution in [0.5, 0.6) is 5.75 Å². The first-order valence-corrected chi connectivity index (χ1v) is 8.96. The molecule has 0 amide bonds. The third-order valence-electron chi connectivity index (χ3n) is 4.16. The van der Waals surface area contributed by atoms with Crippen molar-refractivity contribution < 1.29 is 9.47 Å². The third-order valence-corrected chi connectivity index (χ3v) is 4.16. The summed E-state index contributed by atoms with van der Waals surface area (Å²) in [6, 6.07) is 18.8. The molecule has 0 aliphatic carbocycles. The summed E-state index contributed by atoms with van der Waals surface area (Å²) in [6.07, 6.45) is 1.87. The molecule has 2 atom stereocenters. The minimum Gasteiger partial charge on any atom is -0.465 e. The zero-order valence-electron chi connectivity index (χ0n) is 15.4. The standard InChI is InChI=1S/C22H30O2/c1-17(2)16-18(3)21-10-12-22(13-11-21)24-19(4)23-15-14-20-8-6-5-7-9-20/h5-13,17-19H,14-16H2,1-4H3. The van der Waals surface area contributed by atoms with E-state index in [0.717, 1.165) is 12.2 Å². The van der Waals surface area contributed by atoms with Crippen molar-refractivity contribution in [3.05, 3.63) is 65.7 Å². The maximum atomic E-state index is 5.85. The highest BCUT2D eigenvalue weighted by molar-refractivity contribution is 5.29. The van der Waals surface area contributed by atoms with E-state index in [1.54, 1.807) is 0 Å². The fourth-order valence-electron chi connectivity index (χ4n) is 2.93. The summed E-state index contributed by atoms with van der Waals surface area (Å²) >= 11 is 0. The maximum Gasteiger partial charge on any atom is 0.196 e. The van der Waals surface area contributed by atoms with Gasteiger partial charge in [0.05, 0.1) is 6.61 Å². The van der Waals surface area contributed by atoms with Crippen molar-refractivity contribution in [3.63, 3.8) is 0 Å². The normalized spacial score (nSPS) is 13.7. The Morgan fingerprint density at radius 2 is 1.50 bits per heavy atom. The average molecular weight is 326 g/mol. The van der Waals surface area contributed by atoms with Crippen LogP contribution in [-0.4, -0.2) is 12.9 Å².